The van der Waals surface area contributed by atoms with E-state index in [-0.39, 0.29) is 28.9 Å². The number of carbonyl (C=O) groups is 2. The number of halogens is 1. The minimum absolute atomic E-state index is 0.0000419. The van der Waals surface area contributed by atoms with Gasteiger partial charge in [0, 0.05) is 43.5 Å². The van der Waals surface area contributed by atoms with Gasteiger partial charge in [-0.15, -0.1) is 4.36 Å². The fourth-order valence-corrected chi connectivity index (χ4v) is 9.12. The van der Waals surface area contributed by atoms with Crippen molar-refractivity contribution in [3.63, 3.8) is 0 Å². The van der Waals surface area contributed by atoms with Gasteiger partial charge in [0.05, 0.1) is 35.9 Å². The van der Waals surface area contributed by atoms with Gasteiger partial charge >= 0.3 is 0 Å². The highest BCUT2D eigenvalue weighted by atomic mass is 35.5. The number of benzene rings is 2. The summed E-state index contributed by atoms with van der Waals surface area (Å²) >= 11 is 6.46. The standard InChI is InChI=1S/C37H46ClN5O5S/c1-4-43-23-30(20-39-43)37(45)41-49(46)24-25(2)8-7-10-34(47-3)32-15-12-29(32)22-42-21-28-11-14-31(38)18-26(28)9-5-6-17-48-35-16-13-27(19-33(35)42)36(44)40-49/h7,10-11,13-14,16,18-20,23,25,29,32,34H,4-6,8-9,12,15,17,21-22,24H2,1-3H3,(H,40,41,44,45,46)/b10-7+/t25-,29-,32+,34-,49-/m0/s1. The summed E-state index contributed by atoms with van der Waals surface area (Å²) < 4.78 is 35.3. The Morgan fingerprint density at radius 3 is 2.78 bits per heavy atom. The summed E-state index contributed by atoms with van der Waals surface area (Å²) in [7, 11) is -1.78. The van der Waals surface area contributed by atoms with E-state index in [2.05, 4.69) is 43.4 Å². The van der Waals surface area contributed by atoms with Gasteiger partial charge < -0.3 is 14.4 Å². The van der Waals surface area contributed by atoms with E-state index >= 15 is 0 Å². The number of amides is 2. The smallest absolute Gasteiger partial charge is 0.286 e. The molecule has 1 saturated carbocycles. The van der Waals surface area contributed by atoms with Gasteiger partial charge in [0.15, 0.2) is 0 Å². The number of aromatic nitrogens is 2. The van der Waals surface area contributed by atoms with Crippen molar-refractivity contribution in [2.45, 2.75) is 71.6 Å². The van der Waals surface area contributed by atoms with Crippen molar-refractivity contribution in [1.29, 1.82) is 0 Å². The molecule has 2 aliphatic heterocycles. The third kappa shape index (κ3) is 8.38. The zero-order valence-electron chi connectivity index (χ0n) is 28.5. The van der Waals surface area contributed by atoms with Crippen molar-refractivity contribution in [2.24, 2.45) is 22.1 Å². The van der Waals surface area contributed by atoms with Gasteiger partial charge in [0.2, 0.25) is 0 Å². The van der Waals surface area contributed by atoms with Crippen LogP contribution in [-0.2, 0) is 34.2 Å². The number of hydrogen-bond donors (Lipinski definition) is 1. The molecule has 0 unspecified atom stereocenters. The number of carbonyl (C=O) groups excluding carboxylic acids is 2. The van der Waals surface area contributed by atoms with E-state index in [9.17, 15) is 13.8 Å². The lowest BCUT2D eigenvalue weighted by Gasteiger charge is -2.43. The maximum Gasteiger partial charge on any atom is 0.286 e. The molecule has 49 heavy (non-hydrogen) atoms. The number of anilines is 1. The molecular weight excluding hydrogens is 662 g/mol. The van der Waals surface area contributed by atoms with Crippen LogP contribution >= 0.6 is 11.6 Å². The minimum Gasteiger partial charge on any atom is -0.491 e. The first-order valence-electron chi connectivity index (χ1n) is 17.3. The average molecular weight is 708 g/mol. The Kier molecular flexibility index (Phi) is 11.1. The first kappa shape index (κ1) is 35.2. The molecule has 2 amide bonds. The van der Waals surface area contributed by atoms with Crippen LogP contribution < -0.4 is 14.4 Å². The summed E-state index contributed by atoms with van der Waals surface area (Å²) in [5, 5.41) is 4.88. The van der Waals surface area contributed by atoms with Crippen molar-refractivity contribution < 1.29 is 23.3 Å². The number of methoxy groups -OCH3 is 1. The molecule has 6 rings (SSSR count). The van der Waals surface area contributed by atoms with Crippen molar-refractivity contribution in [3.05, 3.63) is 88.2 Å². The summed E-state index contributed by atoms with van der Waals surface area (Å²) in [5.41, 5.74) is 3.70. The normalized spacial score (nSPS) is 26.9. The molecule has 0 saturated heterocycles. The Balaban J connectivity index is 1.44. The fourth-order valence-electron chi connectivity index (χ4n) is 7.03. The minimum atomic E-state index is -3.53. The van der Waals surface area contributed by atoms with Crippen LogP contribution in [0, 0.1) is 17.8 Å². The average Bonchev–Trinajstić information content (AvgIpc) is 3.54. The van der Waals surface area contributed by atoms with Gasteiger partial charge in [-0.3, -0.25) is 19.0 Å². The lowest BCUT2D eigenvalue weighted by molar-refractivity contribution is 0.0133. The second-order valence-electron chi connectivity index (χ2n) is 13.5. The van der Waals surface area contributed by atoms with Gasteiger partial charge in [0.1, 0.15) is 15.7 Å². The van der Waals surface area contributed by atoms with E-state index in [1.165, 1.54) is 17.3 Å². The van der Waals surface area contributed by atoms with Crippen LogP contribution in [0.5, 0.6) is 5.75 Å². The molecule has 262 valence electrons. The van der Waals surface area contributed by atoms with Crippen molar-refractivity contribution >= 4 is 39.0 Å². The lowest BCUT2D eigenvalue weighted by atomic mass is 9.70. The van der Waals surface area contributed by atoms with E-state index in [0.717, 1.165) is 44.3 Å². The van der Waals surface area contributed by atoms with E-state index in [0.29, 0.717) is 48.7 Å². The van der Waals surface area contributed by atoms with Crippen LogP contribution in [0.3, 0.4) is 0 Å². The summed E-state index contributed by atoms with van der Waals surface area (Å²) in [5.74, 6) is -0.0210. The molecule has 1 N–H and O–H groups in total. The van der Waals surface area contributed by atoms with E-state index in [1.807, 2.05) is 26.0 Å². The number of hydrogen-bond acceptors (Lipinski definition) is 7. The molecule has 0 spiro atoms. The molecule has 0 radical (unpaired) electrons. The zero-order chi connectivity index (χ0) is 34.5. The van der Waals surface area contributed by atoms with Crippen LogP contribution in [0.1, 0.15) is 77.8 Å². The Bertz CT molecular complexity index is 1830. The molecule has 3 aromatic rings. The number of aryl methyl sites for hydroxylation is 2. The molecule has 3 heterocycles. The van der Waals surface area contributed by atoms with E-state index in [4.69, 9.17) is 21.1 Å². The second kappa shape index (κ2) is 15.5. The quantitative estimate of drug-likeness (QED) is 0.295. The second-order valence-corrected chi connectivity index (χ2v) is 15.9. The Morgan fingerprint density at radius 1 is 1.16 bits per heavy atom. The molecule has 1 aromatic heterocycles. The highest BCUT2D eigenvalue weighted by Gasteiger charge is 2.38. The maximum atomic E-state index is 14.5. The summed E-state index contributed by atoms with van der Waals surface area (Å²) in [4.78, 5) is 29.5. The van der Waals surface area contributed by atoms with Gasteiger partial charge in [-0.2, -0.15) is 5.10 Å². The van der Waals surface area contributed by atoms with Crippen LogP contribution in [0.15, 0.2) is 65.3 Å². The number of fused-ring (bicyclic) bond motifs is 3. The largest absolute Gasteiger partial charge is 0.491 e. The Morgan fingerprint density at radius 2 is 2.02 bits per heavy atom. The van der Waals surface area contributed by atoms with Crippen LogP contribution in [0.25, 0.3) is 0 Å². The van der Waals surface area contributed by atoms with Crippen molar-refractivity contribution in [3.8, 4) is 5.75 Å². The highest BCUT2D eigenvalue weighted by molar-refractivity contribution is 7.92. The highest BCUT2D eigenvalue weighted by Crippen LogP contribution is 2.42. The molecule has 3 aliphatic rings. The summed E-state index contributed by atoms with van der Waals surface area (Å²) in [6, 6.07) is 11.4. The number of nitrogens with zero attached hydrogens (tertiary/aromatic N) is 4. The molecule has 2 bridgehead atoms. The van der Waals surface area contributed by atoms with E-state index < -0.39 is 21.7 Å². The SMILES string of the molecule is CCn1cc(C(=O)N[S@@]2(=O)=NC(=O)c3ccc4c(c3)N(Cc3ccc(Cl)cc3CCCCO4)C[C@@H]3CC[C@H]3[C@@H](OC)/C=C/C[C@H](C)C2)cn1. The number of rotatable bonds is 4. The first-order chi connectivity index (χ1) is 23.6. The number of allylic oxidation sites excluding steroid dienone is 1. The fraction of sp³-hybridized carbons (Fsp3) is 0.486. The lowest BCUT2D eigenvalue weighted by Crippen LogP contribution is -2.43. The molecule has 5 atom stereocenters. The molecular formula is C37H46ClN5O5S. The van der Waals surface area contributed by atoms with Crippen LogP contribution in [0.4, 0.5) is 5.69 Å². The summed E-state index contributed by atoms with van der Waals surface area (Å²) in [6.07, 6.45) is 12.6. The summed E-state index contributed by atoms with van der Waals surface area (Å²) in [6.45, 7) is 6.31. The zero-order valence-corrected chi connectivity index (χ0v) is 30.0. The Hall–Kier alpha value is -3.67. The maximum absolute atomic E-state index is 14.5. The Labute approximate surface area is 294 Å². The van der Waals surface area contributed by atoms with Crippen molar-refractivity contribution in [1.82, 2.24) is 14.5 Å². The van der Waals surface area contributed by atoms with Crippen LogP contribution in [-0.4, -0.2) is 57.9 Å². The van der Waals surface area contributed by atoms with E-state index in [1.54, 1.807) is 30.1 Å². The first-order valence-corrected chi connectivity index (χ1v) is 19.3. The molecule has 2 aromatic carbocycles. The van der Waals surface area contributed by atoms with Gasteiger partial charge in [-0.05, 0) is 105 Å². The van der Waals surface area contributed by atoms with Gasteiger partial charge in [-0.25, -0.2) is 4.21 Å². The molecule has 1 aliphatic carbocycles. The molecule has 1 fully saturated rings. The topological polar surface area (TPSA) is 115 Å². The third-order valence-electron chi connectivity index (χ3n) is 9.88. The van der Waals surface area contributed by atoms with Crippen LogP contribution in [0.2, 0.25) is 5.02 Å². The van der Waals surface area contributed by atoms with Crippen molar-refractivity contribution in [2.75, 3.05) is 30.9 Å². The number of nitrogens with one attached hydrogen (secondary N) is 1. The predicted octanol–water partition coefficient (Wildman–Crippen LogP) is 6.87. The van der Waals surface area contributed by atoms with Gasteiger partial charge in [0.25, 0.3) is 11.8 Å². The number of ether oxygens (including phenoxy) is 2. The third-order valence-corrected chi connectivity index (χ3v) is 12.1. The predicted molar refractivity (Wildman–Crippen MR) is 192 cm³/mol. The van der Waals surface area contributed by atoms with Gasteiger partial charge in [-0.1, -0.05) is 36.7 Å². The molecule has 10 nitrogen and oxygen atoms in total. The molecule has 12 heteroatoms. The monoisotopic (exact) mass is 707 g/mol.